The molecule has 1 fully saturated rings. The third-order valence-corrected chi connectivity index (χ3v) is 5.53. The fraction of sp³-hybridized carbons (Fsp3) is 0.471. The van der Waals surface area contributed by atoms with Gasteiger partial charge in [0.05, 0.1) is 10.9 Å². The molecule has 1 saturated heterocycles. The van der Waals surface area contributed by atoms with Gasteiger partial charge in [-0.25, -0.2) is 0 Å². The molecule has 2 heterocycles. The standard InChI is InChI=1S/C17H23N5OS/c1-2-14(15(18)23)24-17-20-19-16(21-11-7-4-8-12-21)22(17)13-9-5-3-6-10-13/h3,5-6,9-10,14H,2,4,7-8,11-12H2,1H3,(H2,18,23). The number of nitrogens with zero attached hydrogens (tertiary/aromatic N) is 4. The lowest BCUT2D eigenvalue weighted by Gasteiger charge is -2.28. The highest BCUT2D eigenvalue weighted by Crippen LogP contribution is 2.31. The fourth-order valence-corrected chi connectivity index (χ4v) is 3.83. The third kappa shape index (κ3) is 3.56. The Morgan fingerprint density at radius 3 is 2.54 bits per heavy atom. The molecule has 1 aromatic heterocycles. The number of primary amides is 1. The van der Waals surface area contributed by atoms with Crippen molar-refractivity contribution in [2.45, 2.75) is 43.0 Å². The van der Waals surface area contributed by atoms with Crippen molar-refractivity contribution in [3.05, 3.63) is 30.3 Å². The van der Waals surface area contributed by atoms with Gasteiger partial charge in [-0.2, -0.15) is 0 Å². The molecular weight excluding hydrogens is 322 g/mol. The summed E-state index contributed by atoms with van der Waals surface area (Å²) in [5.74, 6) is 0.535. The van der Waals surface area contributed by atoms with E-state index >= 15 is 0 Å². The van der Waals surface area contributed by atoms with Gasteiger partial charge in [0.15, 0.2) is 5.16 Å². The summed E-state index contributed by atoms with van der Waals surface area (Å²) >= 11 is 1.39. The summed E-state index contributed by atoms with van der Waals surface area (Å²) < 4.78 is 2.04. The molecule has 0 saturated carbocycles. The Morgan fingerprint density at radius 2 is 1.92 bits per heavy atom. The first-order valence-corrected chi connectivity index (χ1v) is 9.30. The molecule has 0 aliphatic carbocycles. The van der Waals surface area contributed by atoms with Gasteiger partial charge in [-0.15, -0.1) is 10.2 Å². The number of carbonyl (C=O) groups is 1. The second-order valence-electron chi connectivity index (χ2n) is 5.92. The molecule has 0 spiro atoms. The third-order valence-electron chi connectivity index (χ3n) is 4.21. The number of benzene rings is 1. The number of rotatable bonds is 6. The molecule has 1 amide bonds. The van der Waals surface area contributed by atoms with E-state index in [1.165, 1.54) is 31.0 Å². The van der Waals surface area contributed by atoms with E-state index in [-0.39, 0.29) is 11.2 Å². The van der Waals surface area contributed by atoms with Crippen molar-refractivity contribution in [2.75, 3.05) is 18.0 Å². The molecule has 7 heteroatoms. The van der Waals surface area contributed by atoms with Gasteiger partial charge in [0.1, 0.15) is 0 Å². The van der Waals surface area contributed by atoms with Crippen LogP contribution in [-0.4, -0.2) is 39.0 Å². The zero-order valence-electron chi connectivity index (χ0n) is 13.9. The van der Waals surface area contributed by atoms with Crippen LogP contribution in [0.4, 0.5) is 5.95 Å². The number of hydrogen-bond acceptors (Lipinski definition) is 5. The van der Waals surface area contributed by atoms with Crippen molar-refractivity contribution < 1.29 is 4.79 Å². The lowest BCUT2D eigenvalue weighted by molar-refractivity contribution is -0.117. The number of carbonyl (C=O) groups excluding carboxylic acids is 1. The molecule has 6 nitrogen and oxygen atoms in total. The smallest absolute Gasteiger partial charge is 0.232 e. The number of hydrogen-bond donors (Lipinski definition) is 1. The summed E-state index contributed by atoms with van der Waals surface area (Å²) in [5.41, 5.74) is 6.51. The van der Waals surface area contributed by atoms with E-state index in [0.717, 1.165) is 24.7 Å². The number of aromatic nitrogens is 3. The Bertz CT molecular complexity index is 682. The van der Waals surface area contributed by atoms with Crippen LogP contribution in [0.3, 0.4) is 0 Å². The van der Waals surface area contributed by atoms with Crippen LogP contribution in [0.25, 0.3) is 5.69 Å². The molecule has 128 valence electrons. The van der Waals surface area contributed by atoms with Gasteiger partial charge in [-0.3, -0.25) is 9.36 Å². The van der Waals surface area contributed by atoms with Crippen LogP contribution in [0, 0.1) is 0 Å². The van der Waals surface area contributed by atoms with Gasteiger partial charge in [-0.05, 0) is 37.8 Å². The molecule has 1 aliphatic heterocycles. The summed E-state index contributed by atoms with van der Waals surface area (Å²) in [7, 11) is 0. The minimum absolute atomic E-state index is 0.300. The number of amides is 1. The van der Waals surface area contributed by atoms with Gasteiger partial charge in [-0.1, -0.05) is 36.9 Å². The Hall–Kier alpha value is -2.02. The van der Waals surface area contributed by atoms with Crippen molar-refractivity contribution >= 4 is 23.6 Å². The Kier molecular flexibility index (Phi) is 5.40. The zero-order chi connectivity index (χ0) is 16.9. The largest absolute Gasteiger partial charge is 0.369 e. The van der Waals surface area contributed by atoms with Crippen LogP contribution in [-0.2, 0) is 4.79 Å². The summed E-state index contributed by atoms with van der Waals surface area (Å²) in [6.07, 6.45) is 4.27. The lowest BCUT2D eigenvalue weighted by Crippen LogP contribution is -2.32. The summed E-state index contributed by atoms with van der Waals surface area (Å²) in [5, 5.41) is 9.21. The zero-order valence-corrected chi connectivity index (χ0v) is 14.7. The maximum Gasteiger partial charge on any atom is 0.232 e. The summed E-state index contributed by atoms with van der Waals surface area (Å²) in [6.45, 7) is 3.93. The fourth-order valence-electron chi connectivity index (χ4n) is 2.91. The second-order valence-corrected chi connectivity index (χ2v) is 7.09. The lowest BCUT2D eigenvalue weighted by atomic mass is 10.1. The van der Waals surface area contributed by atoms with Crippen molar-refractivity contribution in [1.29, 1.82) is 0 Å². The summed E-state index contributed by atoms with van der Waals surface area (Å²) in [6, 6.07) is 10.0. The van der Waals surface area contributed by atoms with Crippen LogP contribution in [0.15, 0.2) is 35.5 Å². The van der Waals surface area contributed by atoms with Crippen molar-refractivity contribution in [2.24, 2.45) is 5.73 Å². The molecule has 3 rings (SSSR count). The molecule has 1 atom stereocenters. The van der Waals surface area contributed by atoms with Gasteiger partial charge in [0.2, 0.25) is 11.9 Å². The average molecular weight is 345 g/mol. The second kappa shape index (κ2) is 7.70. The Labute approximate surface area is 146 Å². The van der Waals surface area contributed by atoms with Gasteiger partial charge in [0, 0.05) is 13.1 Å². The van der Waals surface area contributed by atoms with Crippen molar-refractivity contribution in [3.8, 4) is 5.69 Å². The predicted octanol–water partition coefficient (Wildman–Crippen LogP) is 2.61. The Morgan fingerprint density at radius 1 is 1.21 bits per heavy atom. The minimum atomic E-state index is -0.315. The predicted molar refractivity (Wildman–Crippen MR) is 96.6 cm³/mol. The van der Waals surface area contributed by atoms with Gasteiger partial charge < -0.3 is 10.6 Å². The normalized spacial score (nSPS) is 16.1. The number of anilines is 1. The average Bonchev–Trinajstić information content (AvgIpc) is 3.04. The molecule has 0 bridgehead atoms. The summed E-state index contributed by atoms with van der Waals surface area (Å²) in [4.78, 5) is 13.9. The van der Waals surface area contributed by atoms with Crippen LogP contribution in [0.2, 0.25) is 0 Å². The highest BCUT2D eigenvalue weighted by atomic mass is 32.2. The molecule has 1 aliphatic rings. The van der Waals surface area contributed by atoms with Crippen molar-refractivity contribution in [3.63, 3.8) is 0 Å². The van der Waals surface area contributed by atoms with E-state index in [1.807, 2.05) is 41.8 Å². The maximum absolute atomic E-state index is 11.6. The van der Waals surface area contributed by atoms with Crippen LogP contribution >= 0.6 is 11.8 Å². The SMILES string of the molecule is CCC(Sc1nnc(N2CCCCC2)n1-c1ccccc1)C(N)=O. The molecule has 0 radical (unpaired) electrons. The molecule has 2 N–H and O–H groups in total. The maximum atomic E-state index is 11.6. The van der Waals surface area contributed by atoms with Gasteiger partial charge in [0.25, 0.3) is 0 Å². The van der Waals surface area contributed by atoms with E-state index in [1.54, 1.807) is 0 Å². The number of thioether (sulfide) groups is 1. The molecule has 1 aromatic carbocycles. The minimum Gasteiger partial charge on any atom is -0.369 e. The molecule has 2 aromatic rings. The highest BCUT2D eigenvalue weighted by molar-refractivity contribution is 8.00. The van der Waals surface area contributed by atoms with E-state index < -0.39 is 0 Å². The van der Waals surface area contributed by atoms with Crippen LogP contribution in [0.5, 0.6) is 0 Å². The monoisotopic (exact) mass is 345 g/mol. The van der Waals surface area contributed by atoms with Gasteiger partial charge >= 0.3 is 0 Å². The highest BCUT2D eigenvalue weighted by Gasteiger charge is 2.24. The Balaban J connectivity index is 1.99. The molecule has 1 unspecified atom stereocenters. The quantitative estimate of drug-likeness (QED) is 0.814. The van der Waals surface area contributed by atoms with Crippen molar-refractivity contribution in [1.82, 2.24) is 14.8 Å². The number of nitrogens with two attached hydrogens (primary N) is 1. The van der Waals surface area contributed by atoms with E-state index in [0.29, 0.717) is 11.6 Å². The van der Waals surface area contributed by atoms with E-state index in [2.05, 4.69) is 15.1 Å². The first-order valence-electron chi connectivity index (χ1n) is 8.42. The number of piperidine rings is 1. The van der Waals surface area contributed by atoms with E-state index in [4.69, 9.17) is 5.73 Å². The topological polar surface area (TPSA) is 77.0 Å². The van der Waals surface area contributed by atoms with Crippen LogP contribution in [0.1, 0.15) is 32.6 Å². The first-order chi connectivity index (χ1) is 11.7. The molecule has 24 heavy (non-hydrogen) atoms. The molecular formula is C17H23N5OS. The number of para-hydroxylation sites is 1. The van der Waals surface area contributed by atoms with Crippen LogP contribution < -0.4 is 10.6 Å². The van der Waals surface area contributed by atoms with E-state index in [9.17, 15) is 4.79 Å². The first kappa shape index (κ1) is 16.8.